The summed E-state index contributed by atoms with van der Waals surface area (Å²) >= 11 is 1.33. The summed E-state index contributed by atoms with van der Waals surface area (Å²) in [6, 6.07) is 2.77. The van der Waals surface area contributed by atoms with Crippen molar-refractivity contribution >= 4 is 51.8 Å². The van der Waals surface area contributed by atoms with Crippen molar-refractivity contribution in [2.24, 2.45) is 0 Å². The lowest BCUT2D eigenvalue weighted by atomic mass is 9.93. The van der Waals surface area contributed by atoms with E-state index in [4.69, 9.17) is 9.72 Å². The molecule has 0 aliphatic carbocycles. The first kappa shape index (κ1) is 31.8. The number of carbonyl (C=O) groups excluding carboxylic acids is 3. The number of ether oxygens (including phenoxy) is 1. The Hall–Kier alpha value is -4.10. The second-order valence-corrected chi connectivity index (χ2v) is 13.3. The quantitative estimate of drug-likeness (QED) is 0.270. The molecule has 1 atom stereocenters. The fourth-order valence-electron chi connectivity index (χ4n) is 4.56. The molecule has 0 aromatic carbocycles. The monoisotopic (exact) mass is 610 g/mol. The van der Waals surface area contributed by atoms with Crippen molar-refractivity contribution in [3.8, 4) is 0 Å². The third kappa shape index (κ3) is 8.05. The smallest absolute Gasteiger partial charge is 0.331 e. The molecule has 0 radical (unpaired) electrons. The first-order chi connectivity index (χ1) is 20.1. The highest BCUT2D eigenvalue weighted by Gasteiger charge is 2.26. The van der Waals surface area contributed by atoms with Gasteiger partial charge >= 0.3 is 5.97 Å². The van der Waals surface area contributed by atoms with Crippen LogP contribution in [0.15, 0.2) is 34.6 Å². The summed E-state index contributed by atoms with van der Waals surface area (Å²) in [6.45, 7) is 11.6. The van der Waals surface area contributed by atoms with Crippen LogP contribution in [0.5, 0.6) is 0 Å². The van der Waals surface area contributed by atoms with Crippen LogP contribution in [-0.2, 0) is 19.7 Å². The van der Waals surface area contributed by atoms with E-state index in [2.05, 4.69) is 15.6 Å². The molecular formula is C30H38N6O6S. The molecule has 4 rings (SSSR count). The van der Waals surface area contributed by atoms with Crippen LogP contribution in [0.1, 0.15) is 76.0 Å². The number of fused-ring (bicyclic) bond motifs is 1. The Kier molecular flexibility index (Phi) is 9.35. The van der Waals surface area contributed by atoms with Crippen molar-refractivity contribution < 1.29 is 24.2 Å². The lowest BCUT2D eigenvalue weighted by Gasteiger charge is -2.34. The van der Waals surface area contributed by atoms with Crippen LogP contribution >= 0.6 is 11.3 Å². The zero-order valence-electron chi connectivity index (χ0n) is 25.3. The summed E-state index contributed by atoms with van der Waals surface area (Å²) < 4.78 is 6.68. The number of aliphatic hydroxyl groups excluding tert-OH is 1. The van der Waals surface area contributed by atoms with E-state index in [1.807, 2.05) is 31.1 Å². The summed E-state index contributed by atoms with van der Waals surface area (Å²) in [5, 5.41) is 17.2. The van der Waals surface area contributed by atoms with Crippen LogP contribution in [0.4, 0.5) is 10.9 Å². The van der Waals surface area contributed by atoms with E-state index in [0.717, 1.165) is 5.69 Å². The minimum absolute atomic E-state index is 0.159. The first-order valence-electron chi connectivity index (χ1n) is 14.0. The molecule has 43 heavy (non-hydrogen) atoms. The summed E-state index contributed by atoms with van der Waals surface area (Å²) in [5.41, 5.74) is 0.234. The third-order valence-corrected chi connectivity index (χ3v) is 7.38. The van der Waals surface area contributed by atoms with E-state index in [1.54, 1.807) is 20.8 Å². The number of esters is 1. The van der Waals surface area contributed by atoms with Crippen LogP contribution < -0.4 is 21.1 Å². The van der Waals surface area contributed by atoms with Crippen LogP contribution in [0, 0.1) is 0 Å². The van der Waals surface area contributed by atoms with Crippen molar-refractivity contribution in [1.29, 1.82) is 0 Å². The molecule has 3 aromatic rings. The Balaban J connectivity index is 1.72. The van der Waals surface area contributed by atoms with E-state index in [-0.39, 0.29) is 28.2 Å². The number of aromatic nitrogens is 3. The van der Waals surface area contributed by atoms with Gasteiger partial charge in [0.2, 0.25) is 5.91 Å². The number of rotatable bonds is 7. The first-order valence-corrected chi connectivity index (χ1v) is 14.9. The van der Waals surface area contributed by atoms with E-state index in [9.17, 15) is 24.3 Å². The fourth-order valence-corrected chi connectivity index (χ4v) is 5.49. The lowest BCUT2D eigenvalue weighted by molar-refractivity contribution is -0.148. The van der Waals surface area contributed by atoms with Gasteiger partial charge in [-0.05, 0) is 51.8 Å². The second kappa shape index (κ2) is 12.6. The number of thiazole rings is 1. The zero-order valence-corrected chi connectivity index (χ0v) is 26.1. The average molecular weight is 611 g/mol. The van der Waals surface area contributed by atoms with E-state index < -0.39 is 35.6 Å². The van der Waals surface area contributed by atoms with Crippen LogP contribution in [0.3, 0.4) is 0 Å². The zero-order chi connectivity index (χ0) is 31.5. The number of carbonyl (C=O) groups is 3. The Labute approximate surface area is 253 Å². The predicted molar refractivity (Wildman–Crippen MR) is 166 cm³/mol. The highest BCUT2D eigenvalue weighted by Crippen LogP contribution is 2.27. The molecular weight excluding hydrogens is 572 g/mol. The Morgan fingerprint density at radius 3 is 2.58 bits per heavy atom. The molecule has 230 valence electrons. The van der Waals surface area contributed by atoms with E-state index in [1.165, 1.54) is 46.2 Å². The maximum Gasteiger partial charge on any atom is 0.331 e. The van der Waals surface area contributed by atoms with Gasteiger partial charge in [-0.3, -0.25) is 24.1 Å². The van der Waals surface area contributed by atoms with Gasteiger partial charge in [-0.15, -0.1) is 11.3 Å². The number of nitrogens with zero attached hydrogens (tertiary/aromatic N) is 4. The normalized spacial score (nSPS) is 16.0. The summed E-state index contributed by atoms with van der Waals surface area (Å²) in [6.07, 6.45) is 5.43. The maximum absolute atomic E-state index is 13.7. The van der Waals surface area contributed by atoms with Crippen LogP contribution in [0.25, 0.3) is 11.7 Å². The molecule has 3 aromatic heterocycles. The number of aliphatic hydroxyl groups is 1. The number of hydrogen-bond acceptors (Lipinski definition) is 10. The summed E-state index contributed by atoms with van der Waals surface area (Å²) in [5.74, 6) is -1.20. The maximum atomic E-state index is 13.7. The molecule has 0 saturated carbocycles. The molecule has 12 nitrogen and oxygen atoms in total. The van der Waals surface area contributed by atoms with Crippen molar-refractivity contribution in [2.45, 2.75) is 71.4 Å². The number of piperidine rings is 1. The molecule has 1 fully saturated rings. The minimum atomic E-state index is -0.712. The van der Waals surface area contributed by atoms with Crippen molar-refractivity contribution in [3.05, 3.63) is 57.0 Å². The van der Waals surface area contributed by atoms with Gasteiger partial charge in [-0.2, -0.15) is 0 Å². The van der Waals surface area contributed by atoms with Crippen LogP contribution in [-0.4, -0.2) is 68.6 Å². The molecule has 2 amide bonds. The van der Waals surface area contributed by atoms with Gasteiger partial charge in [-0.25, -0.2) is 14.8 Å². The largest absolute Gasteiger partial charge is 0.457 e. The lowest BCUT2D eigenvalue weighted by Crippen LogP contribution is -2.49. The predicted octanol–water partition coefficient (Wildman–Crippen LogP) is 3.13. The van der Waals surface area contributed by atoms with Gasteiger partial charge in [0, 0.05) is 47.8 Å². The van der Waals surface area contributed by atoms with Crippen molar-refractivity contribution in [2.75, 3.05) is 29.9 Å². The van der Waals surface area contributed by atoms with Crippen molar-refractivity contribution in [1.82, 2.24) is 19.7 Å². The molecule has 0 unspecified atom stereocenters. The van der Waals surface area contributed by atoms with Crippen molar-refractivity contribution in [3.63, 3.8) is 0 Å². The molecule has 0 spiro atoms. The topological polar surface area (TPSA) is 155 Å². The standard InChI is InChI=1S/C30H38N6O6S/c1-29(2,3)21-17-43-28(32-21)34-26(40)18-11-13-36-22(14-18)33-25(35-12-7-8-19(15-35)31-23(38)16-37)20(27(36)41)9-10-24(39)42-30(4,5)6/h9-11,13-14,17,19,37H,7-8,12,15-16H2,1-6H3,(H,31,38)(H,32,34,40)/t19-/m0/s1. The Bertz CT molecular complexity index is 1610. The molecule has 3 N–H and O–H groups in total. The molecule has 13 heteroatoms. The highest BCUT2D eigenvalue weighted by atomic mass is 32.1. The van der Waals surface area contributed by atoms with Gasteiger partial charge in [0.1, 0.15) is 23.7 Å². The minimum Gasteiger partial charge on any atom is -0.457 e. The van der Waals surface area contributed by atoms with Gasteiger partial charge in [0.05, 0.1) is 11.3 Å². The van der Waals surface area contributed by atoms with E-state index >= 15 is 0 Å². The molecule has 0 bridgehead atoms. The average Bonchev–Trinajstić information content (AvgIpc) is 3.40. The highest BCUT2D eigenvalue weighted by molar-refractivity contribution is 7.14. The molecule has 1 aliphatic rings. The number of amides is 2. The SMILES string of the molecule is CC(C)(C)OC(=O)C=Cc1c(N2CCC[C@H](NC(=O)CO)C2)nc2cc(C(=O)Nc3nc(C(C)(C)C)cs3)ccn2c1=O. The van der Waals surface area contributed by atoms with Crippen LogP contribution in [0.2, 0.25) is 0 Å². The molecule has 1 saturated heterocycles. The molecule has 1 aliphatic heterocycles. The Morgan fingerprint density at radius 2 is 1.93 bits per heavy atom. The summed E-state index contributed by atoms with van der Waals surface area (Å²) in [4.78, 5) is 62.3. The Morgan fingerprint density at radius 1 is 1.19 bits per heavy atom. The van der Waals surface area contributed by atoms with Gasteiger partial charge in [-0.1, -0.05) is 20.8 Å². The second-order valence-electron chi connectivity index (χ2n) is 12.4. The van der Waals surface area contributed by atoms with Gasteiger partial charge in [0.15, 0.2) is 5.13 Å². The summed E-state index contributed by atoms with van der Waals surface area (Å²) in [7, 11) is 0. The van der Waals surface area contributed by atoms with Gasteiger partial charge < -0.3 is 20.1 Å². The third-order valence-electron chi connectivity index (χ3n) is 6.62. The number of anilines is 2. The van der Waals surface area contributed by atoms with Gasteiger partial charge in [0.25, 0.3) is 11.5 Å². The fraction of sp³-hybridized carbons (Fsp3) is 0.467. The van der Waals surface area contributed by atoms with E-state index in [0.29, 0.717) is 36.9 Å². The molecule has 4 heterocycles. The number of pyridine rings is 1. The number of nitrogens with one attached hydrogen (secondary N) is 2. The number of hydrogen-bond donors (Lipinski definition) is 3.